The number of rotatable bonds is 1. The predicted octanol–water partition coefficient (Wildman–Crippen LogP) is 0.588. The Balaban J connectivity index is 2.41. The zero-order valence-corrected chi connectivity index (χ0v) is 7.53. The fraction of sp³-hybridized carbons (Fsp3) is 0.111. The average molecular weight is 210 g/mol. The van der Waals surface area contributed by atoms with Crippen molar-refractivity contribution in [3.63, 3.8) is 0 Å². The Bertz CT molecular complexity index is 431. The van der Waals surface area contributed by atoms with Crippen molar-refractivity contribution < 1.29 is 19.1 Å². The zero-order valence-electron chi connectivity index (χ0n) is 7.53. The number of amides is 3. The smallest absolute Gasteiger partial charge is 0.329 e. The quantitative estimate of drug-likeness (QED) is 0.666. The Morgan fingerprint density at radius 2 is 2.13 bits per heavy atom. The molecule has 1 heterocycles. The number of hydrogen-bond donors (Lipinski definition) is 2. The molecule has 0 unspecified atom stereocenters. The van der Waals surface area contributed by atoms with Crippen LogP contribution in [0, 0.1) is 5.82 Å². The van der Waals surface area contributed by atoms with Crippen LogP contribution >= 0.6 is 0 Å². The second-order valence-electron chi connectivity index (χ2n) is 3.02. The first kappa shape index (κ1) is 9.45. The van der Waals surface area contributed by atoms with E-state index in [4.69, 9.17) is 5.11 Å². The summed E-state index contributed by atoms with van der Waals surface area (Å²) >= 11 is 0. The highest BCUT2D eigenvalue weighted by molar-refractivity contribution is 6.19. The summed E-state index contributed by atoms with van der Waals surface area (Å²) in [4.78, 5) is 23.3. The van der Waals surface area contributed by atoms with E-state index < -0.39 is 23.5 Å². The summed E-state index contributed by atoms with van der Waals surface area (Å²) in [6.45, 7) is -0.0959. The van der Waals surface area contributed by atoms with Gasteiger partial charge in [-0.3, -0.25) is 4.79 Å². The molecular weight excluding hydrogens is 203 g/mol. The van der Waals surface area contributed by atoms with E-state index in [2.05, 4.69) is 5.32 Å². The van der Waals surface area contributed by atoms with Crippen LogP contribution in [0.1, 0.15) is 0 Å². The van der Waals surface area contributed by atoms with E-state index in [-0.39, 0.29) is 12.2 Å². The maximum Gasteiger partial charge on any atom is 0.329 e. The molecular formula is C9H7FN2O3. The molecule has 0 aliphatic carbocycles. The van der Waals surface area contributed by atoms with Crippen molar-refractivity contribution in [1.29, 1.82) is 0 Å². The van der Waals surface area contributed by atoms with Crippen LogP contribution in [0.3, 0.4) is 0 Å². The van der Waals surface area contributed by atoms with Gasteiger partial charge in [-0.15, -0.1) is 0 Å². The van der Waals surface area contributed by atoms with Gasteiger partial charge in [0.1, 0.15) is 0 Å². The molecule has 0 atom stereocenters. The highest BCUT2D eigenvalue weighted by Gasteiger charge is 2.30. The minimum absolute atomic E-state index is 0.0959. The fourth-order valence-corrected chi connectivity index (χ4v) is 1.32. The number of phenolic OH excluding ortho intramolecular Hbond substituents is 1. The minimum Gasteiger partial charge on any atom is -0.505 e. The fourth-order valence-electron chi connectivity index (χ4n) is 1.32. The van der Waals surface area contributed by atoms with E-state index in [9.17, 15) is 14.0 Å². The van der Waals surface area contributed by atoms with Gasteiger partial charge in [-0.1, -0.05) is 0 Å². The molecule has 2 rings (SSSR count). The number of nitrogens with one attached hydrogen (secondary N) is 1. The Labute approximate surface area is 84.1 Å². The summed E-state index contributed by atoms with van der Waals surface area (Å²) in [6.07, 6.45) is 0. The summed E-state index contributed by atoms with van der Waals surface area (Å²) in [7, 11) is 0. The average Bonchev–Trinajstić information content (AvgIpc) is 2.52. The van der Waals surface area contributed by atoms with Crippen LogP contribution in [0.2, 0.25) is 0 Å². The molecule has 1 aromatic carbocycles. The van der Waals surface area contributed by atoms with Crippen molar-refractivity contribution in [1.82, 2.24) is 5.32 Å². The zero-order chi connectivity index (χ0) is 11.0. The van der Waals surface area contributed by atoms with Crippen molar-refractivity contribution in [3.8, 4) is 5.75 Å². The van der Waals surface area contributed by atoms with Crippen LogP contribution in [0.15, 0.2) is 18.2 Å². The Morgan fingerprint density at radius 3 is 2.67 bits per heavy atom. The van der Waals surface area contributed by atoms with E-state index in [1.165, 1.54) is 6.07 Å². The van der Waals surface area contributed by atoms with Crippen LogP contribution in [-0.4, -0.2) is 23.6 Å². The number of imide groups is 1. The topological polar surface area (TPSA) is 69.6 Å². The number of benzene rings is 1. The SMILES string of the molecule is O=C1CNC(=O)N1c1ccc(O)c(F)c1. The highest BCUT2D eigenvalue weighted by Crippen LogP contribution is 2.23. The Morgan fingerprint density at radius 1 is 1.40 bits per heavy atom. The molecule has 0 radical (unpaired) electrons. The van der Waals surface area contributed by atoms with Crippen LogP contribution in [0.4, 0.5) is 14.9 Å². The van der Waals surface area contributed by atoms with Gasteiger partial charge in [0, 0.05) is 6.07 Å². The maximum atomic E-state index is 13.0. The molecule has 1 aliphatic heterocycles. The van der Waals surface area contributed by atoms with E-state index in [1.54, 1.807) is 0 Å². The summed E-state index contributed by atoms with van der Waals surface area (Å²) in [5, 5.41) is 11.2. The van der Waals surface area contributed by atoms with Gasteiger partial charge in [0.2, 0.25) is 0 Å². The monoisotopic (exact) mass is 210 g/mol. The maximum absolute atomic E-state index is 13.0. The van der Waals surface area contributed by atoms with Crippen LogP contribution in [0.5, 0.6) is 5.75 Å². The molecule has 15 heavy (non-hydrogen) atoms. The van der Waals surface area contributed by atoms with Crippen molar-refractivity contribution in [2.45, 2.75) is 0 Å². The number of hydrogen-bond acceptors (Lipinski definition) is 3. The molecule has 1 saturated heterocycles. The normalized spacial score (nSPS) is 15.7. The van der Waals surface area contributed by atoms with Gasteiger partial charge >= 0.3 is 6.03 Å². The molecule has 1 aliphatic rings. The van der Waals surface area contributed by atoms with Gasteiger partial charge in [0.15, 0.2) is 11.6 Å². The molecule has 5 nitrogen and oxygen atoms in total. The Kier molecular flexibility index (Phi) is 2.03. The standard InChI is InChI=1S/C9H7FN2O3/c10-6-3-5(1-2-7(6)13)12-8(14)4-11-9(12)15/h1-3,13H,4H2,(H,11,15). The Hall–Kier alpha value is -2.11. The van der Waals surface area contributed by atoms with Gasteiger partial charge in [-0.25, -0.2) is 14.1 Å². The van der Waals surface area contributed by atoms with Gasteiger partial charge in [0.25, 0.3) is 5.91 Å². The third-order valence-corrected chi connectivity index (χ3v) is 2.03. The molecule has 0 bridgehead atoms. The third kappa shape index (κ3) is 1.50. The molecule has 0 aromatic heterocycles. The predicted molar refractivity (Wildman–Crippen MR) is 48.9 cm³/mol. The number of urea groups is 1. The number of carbonyl (C=O) groups excluding carboxylic acids is 2. The second-order valence-corrected chi connectivity index (χ2v) is 3.02. The number of anilines is 1. The van der Waals surface area contributed by atoms with Crippen molar-refractivity contribution in [3.05, 3.63) is 24.0 Å². The van der Waals surface area contributed by atoms with Gasteiger partial charge in [0.05, 0.1) is 12.2 Å². The molecule has 0 saturated carbocycles. The highest BCUT2D eigenvalue weighted by atomic mass is 19.1. The molecule has 1 aromatic rings. The van der Waals surface area contributed by atoms with E-state index in [1.807, 2.05) is 0 Å². The first-order valence-electron chi connectivity index (χ1n) is 4.19. The summed E-state index contributed by atoms with van der Waals surface area (Å²) in [5.74, 6) is -1.85. The number of carbonyl (C=O) groups is 2. The number of aromatic hydroxyl groups is 1. The molecule has 78 valence electrons. The summed E-state index contributed by atoms with van der Waals surface area (Å²) in [6, 6.07) is 2.72. The second kappa shape index (κ2) is 3.23. The van der Waals surface area contributed by atoms with E-state index in [0.29, 0.717) is 0 Å². The van der Waals surface area contributed by atoms with Crippen LogP contribution in [0.25, 0.3) is 0 Å². The lowest BCUT2D eigenvalue weighted by molar-refractivity contribution is -0.115. The van der Waals surface area contributed by atoms with Gasteiger partial charge < -0.3 is 10.4 Å². The molecule has 6 heteroatoms. The number of halogens is 1. The van der Waals surface area contributed by atoms with Crippen LogP contribution < -0.4 is 10.2 Å². The first-order valence-corrected chi connectivity index (χ1v) is 4.19. The van der Waals surface area contributed by atoms with Crippen molar-refractivity contribution >= 4 is 17.6 Å². The largest absolute Gasteiger partial charge is 0.505 e. The van der Waals surface area contributed by atoms with Gasteiger partial charge in [-0.05, 0) is 12.1 Å². The third-order valence-electron chi connectivity index (χ3n) is 2.03. The molecule has 1 fully saturated rings. The lowest BCUT2D eigenvalue weighted by atomic mass is 10.2. The van der Waals surface area contributed by atoms with E-state index in [0.717, 1.165) is 17.0 Å². The molecule has 2 N–H and O–H groups in total. The molecule has 3 amide bonds. The van der Waals surface area contributed by atoms with Crippen molar-refractivity contribution in [2.75, 3.05) is 11.4 Å². The lowest BCUT2D eigenvalue weighted by Gasteiger charge is -2.12. The van der Waals surface area contributed by atoms with Crippen LogP contribution in [-0.2, 0) is 4.79 Å². The summed E-state index contributed by atoms with van der Waals surface area (Å²) in [5.41, 5.74) is 0.102. The lowest BCUT2D eigenvalue weighted by Crippen LogP contribution is -2.30. The number of nitrogens with zero attached hydrogens (tertiary/aromatic N) is 1. The number of phenols is 1. The summed E-state index contributed by atoms with van der Waals surface area (Å²) < 4.78 is 13.0. The van der Waals surface area contributed by atoms with E-state index >= 15 is 0 Å². The minimum atomic E-state index is -0.875. The van der Waals surface area contributed by atoms with Gasteiger partial charge in [-0.2, -0.15) is 0 Å². The van der Waals surface area contributed by atoms with Crippen molar-refractivity contribution in [2.24, 2.45) is 0 Å². The molecule has 0 spiro atoms. The first-order chi connectivity index (χ1) is 7.09.